The van der Waals surface area contributed by atoms with Gasteiger partial charge in [-0.05, 0) is 29.9 Å². The fourth-order valence-electron chi connectivity index (χ4n) is 3.01. The highest BCUT2D eigenvalue weighted by molar-refractivity contribution is 5.54. The van der Waals surface area contributed by atoms with Gasteiger partial charge in [0.25, 0.3) is 0 Å². The third kappa shape index (κ3) is 4.45. The summed E-state index contributed by atoms with van der Waals surface area (Å²) in [6.07, 6.45) is 3.89. The third-order valence-corrected chi connectivity index (χ3v) is 4.95. The van der Waals surface area contributed by atoms with Gasteiger partial charge in [0, 0.05) is 39.0 Å². The number of nitrogens with zero attached hydrogens (tertiary/aromatic N) is 1. The third-order valence-electron chi connectivity index (χ3n) is 4.95. The highest BCUT2D eigenvalue weighted by Crippen LogP contribution is 2.36. The molecule has 1 fully saturated rings. The van der Waals surface area contributed by atoms with Crippen LogP contribution in [-0.2, 0) is 11.3 Å². The molecule has 0 unspecified atom stereocenters. The molecule has 1 N–H and O–H groups in total. The van der Waals surface area contributed by atoms with Crippen LogP contribution in [0.1, 0.15) is 38.7 Å². The number of ether oxygens (including phenoxy) is 1. The molecule has 118 valence electrons. The maximum Gasteiger partial charge on any atom is 0.0587 e. The largest absolute Gasteiger partial charge is 0.383 e. The Morgan fingerprint density at radius 2 is 1.95 bits per heavy atom. The van der Waals surface area contributed by atoms with Gasteiger partial charge in [-0.15, -0.1) is 0 Å². The van der Waals surface area contributed by atoms with E-state index in [4.69, 9.17) is 4.74 Å². The summed E-state index contributed by atoms with van der Waals surface area (Å²) in [5.74, 6) is 0. The standard InChI is InChI=1S/C18H30N2O/c1-4-18(2)9-12-20(13-10-18)17-8-6-5-7-16(17)15-19-11-14-21-3/h5-8,19H,4,9-15H2,1-3H3. The zero-order valence-electron chi connectivity index (χ0n) is 13.8. The minimum Gasteiger partial charge on any atom is -0.383 e. The van der Waals surface area contributed by atoms with E-state index in [1.807, 2.05) is 0 Å². The number of hydrogen-bond donors (Lipinski definition) is 1. The highest BCUT2D eigenvalue weighted by atomic mass is 16.5. The number of benzene rings is 1. The predicted molar refractivity (Wildman–Crippen MR) is 89.9 cm³/mol. The summed E-state index contributed by atoms with van der Waals surface area (Å²) in [4.78, 5) is 2.56. The van der Waals surface area contributed by atoms with Crippen molar-refractivity contribution in [1.82, 2.24) is 5.32 Å². The van der Waals surface area contributed by atoms with Crippen LogP contribution in [0, 0.1) is 5.41 Å². The first-order valence-electron chi connectivity index (χ1n) is 8.21. The molecule has 0 spiro atoms. The molecule has 0 aliphatic carbocycles. The lowest BCUT2D eigenvalue weighted by Gasteiger charge is -2.40. The van der Waals surface area contributed by atoms with E-state index in [-0.39, 0.29) is 0 Å². The van der Waals surface area contributed by atoms with Crippen molar-refractivity contribution in [3.8, 4) is 0 Å². The van der Waals surface area contributed by atoms with Gasteiger partial charge in [-0.3, -0.25) is 0 Å². The maximum absolute atomic E-state index is 5.09. The molecule has 3 heteroatoms. The van der Waals surface area contributed by atoms with Crippen LogP contribution in [0.2, 0.25) is 0 Å². The summed E-state index contributed by atoms with van der Waals surface area (Å²) in [5.41, 5.74) is 3.34. The molecule has 1 saturated heterocycles. The van der Waals surface area contributed by atoms with Crippen LogP contribution in [0.15, 0.2) is 24.3 Å². The quantitative estimate of drug-likeness (QED) is 0.779. The SMILES string of the molecule is CCC1(C)CCN(c2ccccc2CNCCOC)CC1. The average molecular weight is 290 g/mol. The summed E-state index contributed by atoms with van der Waals surface area (Å²) < 4.78 is 5.09. The molecule has 0 bridgehead atoms. The van der Waals surface area contributed by atoms with Gasteiger partial charge in [-0.2, -0.15) is 0 Å². The topological polar surface area (TPSA) is 24.5 Å². The number of hydrogen-bond acceptors (Lipinski definition) is 3. The van der Waals surface area contributed by atoms with Gasteiger partial charge < -0.3 is 15.0 Å². The first-order valence-corrected chi connectivity index (χ1v) is 8.21. The summed E-state index contributed by atoms with van der Waals surface area (Å²) >= 11 is 0. The Hall–Kier alpha value is -1.06. The first-order chi connectivity index (χ1) is 10.2. The van der Waals surface area contributed by atoms with E-state index in [2.05, 4.69) is 48.3 Å². The molecular weight excluding hydrogens is 260 g/mol. The van der Waals surface area contributed by atoms with E-state index in [0.29, 0.717) is 5.41 Å². The number of rotatable bonds is 7. The zero-order chi connectivity index (χ0) is 15.1. The molecule has 0 radical (unpaired) electrons. The monoisotopic (exact) mass is 290 g/mol. The first kappa shape index (κ1) is 16.3. The second-order valence-electron chi connectivity index (χ2n) is 6.45. The van der Waals surface area contributed by atoms with E-state index >= 15 is 0 Å². The Labute approximate surface area is 129 Å². The molecular formula is C18H30N2O. The molecule has 21 heavy (non-hydrogen) atoms. The van der Waals surface area contributed by atoms with E-state index in [0.717, 1.165) is 19.7 Å². The molecule has 1 aromatic carbocycles. The van der Waals surface area contributed by atoms with Crippen LogP contribution in [-0.4, -0.2) is 33.4 Å². The molecule has 0 atom stereocenters. The molecule has 0 saturated carbocycles. The Morgan fingerprint density at radius 1 is 1.24 bits per heavy atom. The van der Waals surface area contributed by atoms with Gasteiger partial charge in [-0.25, -0.2) is 0 Å². The van der Waals surface area contributed by atoms with Crippen LogP contribution in [0.3, 0.4) is 0 Å². The summed E-state index contributed by atoms with van der Waals surface area (Å²) in [5, 5.41) is 3.46. The van der Waals surface area contributed by atoms with Crippen LogP contribution in [0.5, 0.6) is 0 Å². The fraction of sp³-hybridized carbons (Fsp3) is 0.667. The van der Waals surface area contributed by atoms with Gasteiger partial charge in [0.15, 0.2) is 0 Å². The molecule has 3 nitrogen and oxygen atoms in total. The van der Waals surface area contributed by atoms with Crippen LogP contribution < -0.4 is 10.2 Å². The van der Waals surface area contributed by atoms with Crippen LogP contribution >= 0.6 is 0 Å². The normalized spacial score (nSPS) is 18.0. The average Bonchev–Trinajstić information content (AvgIpc) is 2.53. The minimum atomic E-state index is 0.544. The number of anilines is 1. The van der Waals surface area contributed by atoms with E-state index < -0.39 is 0 Å². The second-order valence-corrected chi connectivity index (χ2v) is 6.45. The molecule has 0 amide bonds. The smallest absolute Gasteiger partial charge is 0.0587 e. The molecule has 1 aliphatic rings. The Balaban J connectivity index is 1.97. The lowest BCUT2D eigenvalue weighted by molar-refractivity contribution is 0.199. The van der Waals surface area contributed by atoms with Gasteiger partial charge in [0.1, 0.15) is 0 Å². The maximum atomic E-state index is 5.09. The van der Waals surface area contributed by atoms with Gasteiger partial charge >= 0.3 is 0 Å². The second kappa shape index (κ2) is 7.81. The summed E-state index contributed by atoms with van der Waals surface area (Å²) in [7, 11) is 1.74. The minimum absolute atomic E-state index is 0.544. The van der Waals surface area contributed by atoms with Crippen molar-refractivity contribution in [1.29, 1.82) is 0 Å². The molecule has 1 aliphatic heterocycles. The fourth-order valence-corrected chi connectivity index (χ4v) is 3.01. The van der Waals surface area contributed by atoms with Crippen molar-refractivity contribution in [2.75, 3.05) is 38.3 Å². The predicted octanol–water partition coefficient (Wildman–Crippen LogP) is 3.44. The van der Waals surface area contributed by atoms with Crippen LogP contribution in [0.4, 0.5) is 5.69 Å². The van der Waals surface area contributed by atoms with Crippen LogP contribution in [0.25, 0.3) is 0 Å². The van der Waals surface area contributed by atoms with Crippen molar-refractivity contribution in [3.05, 3.63) is 29.8 Å². The summed E-state index contributed by atoms with van der Waals surface area (Å²) in [6, 6.07) is 8.79. The van der Waals surface area contributed by atoms with Crippen molar-refractivity contribution in [2.24, 2.45) is 5.41 Å². The van der Waals surface area contributed by atoms with Gasteiger partial charge in [0.2, 0.25) is 0 Å². The molecule has 0 aromatic heterocycles. The lowest BCUT2D eigenvalue weighted by atomic mass is 9.78. The number of nitrogens with one attached hydrogen (secondary N) is 1. The van der Waals surface area contributed by atoms with E-state index in [1.54, 1.807) is 7.11 Å². The highest BCUT2D eigenvalue weighted by Gasteiger charge is 2.28. The Bertz CT molecular complexity index is 425. The van der Waals surface area contributed by atoms with E-state index in [1.165, 1.54) is 43.6 Å². The van der Waals surface area contributed by atoms with Crippen molar-refractivity contribution >= 4 is 5.69 Å². The van der Waals surface area contributed by atoms with Gasteiger partial charge in [-0.1, -0.05) is 38.5 Å². The number of para-hydroxylation sites is 1. The number of piperidine rings is 1. The van der Waals surface area contributed by atoms with E-state index in [9.17, 15) is 0 Å². The van der Waals surface area contributed by atoms with Crippen molar-refractivity contribution < 1.29 is 4.74 Å². The number of methoxy groups -OCH3 is 1. The molecule has 1 heterocycles. The zero-order valence-corrected chi connectivity index (χ0v) is 13.8. The van der Waals surface area contributed by atoms with Gasteiger partial charge in [0.05, 0.1) is 6.61 Å². The Kier molecular flexibility index (Phi) is 6.07. The lowest BCUT2D eigenvalue weighted by Crippen LogP contribution is -2.39. The van der Waals surface area contributed by atoms with Crippen molar-refractivity contribution in [3.63, 3.8) is 0 Å². The molecule has 2 rings (SSSR count). The van der Waals surface area contributed by atoms with Crippen molar-refractivity contribution in [2.45, 2.75) is 39.7 Å². The summed E-state index contributed by atoms with van der Waals surface area (Å²) in [6.45, 7) is 9.70. The molecule has 1 aromatic rings. The Morgan fingerprint density at radius 3 is 2.62 bits per heavy atom.